The molecule has 0 aliphatic heterocycles. The molecule has 1 aromatic rings. The molecule has 6 heteroatoms. The summed E-state index contributed by atoms with van der Waals surface area (Å²) in [6.07, 6.45) is 2.02. The summed E-state index contributed by atoms with van der Waals surface area (Å²) in [5, 5.41) is 28.1. The van der Waals surface area contributed by atoms with Gasteiger partial charge in [0, 0.05) is 11.6 Å². The molecule has 0 spiro atoms. The van der Waals surface area contributed by atoms with E-state index in [1.165, 1.54) is 0 Å². The predicted octanol–water partition coefficient (Wildman–Crippen LogP) is 2.66. The summed E-state index contributed by atoms with van der Waals surface area (Å²) in [4.78, 5) is 11.5. The van der Waals surface area contributed by atoms with Crippen LogP contribution < -0.4 is 0 Å². The Labute approximate surface area is 108 Å². The molecule has 4 nitrogen and oxygen atoms in total. The van der Waals surface area contributed by atoms with Gasteiger partial charge in [-0.25, -0.2) is 8.78 Å². The number of carboxylic acid groups (broad SMARTS) is 1. The van der Waals surface area contributed by atoms with Gasteiger partial charge >= 0.3 is 5.97 Å². The Bertz CT molecular complexity index is 496. The molecule has 0 heterocycles. The Morgan fingerprint density at radius 2 is 1.53 bits per heavy atom. The minimum atomic E-state index is -1.72. The highest BCUT2D eigenvalue weighted by molar-refractivity contribution is 5.82. The molecule has 1 aliphatic rings. The third-order valence-electron chi connectivity index (χ3n) is 3.76. The third-order valence-corrected chi connectivity index (χ3v) is 3.76. The van der Waals surface area contributed by atoms with Gasteiger partial charge in [-0.2, -0.15) is 0 Å². The molecule has 0 bridgehead atoms. The lowest BCUT2D eigenvalue weighted by Crippen LogP contribution is -2.39. The van der Waals surface area contributed by atoms with Crippen molar-refractivity contribution < 1.29 is 28.9 Å². The van der Waals surface area contributed by atoms with Crippen LogP contribution in [0.2, 0.25) is 0 Å². The standard InChI is InChI=1S/C13H14F2O4/c14-10-7(16)6-8(17)11(15)9(10)13(12(18)19)4-2-1-3-5-13/h6,16-17H,1-5H2,(H,18,19). The number of aromatic hydroxyl groups is 2. The van der Waals surface area contributed by atoms with Gasteiger partial charge in [0.25, 0.3) is 0 Å². The highest BCUT2D eigenvalue weighted by Gasteiger charge is 2.46. The molecule has 0 radical (unpaired) electrons. The summed E-state index contributed by atoms with van der Waals surface area (Å²) in [6.45, 7) is 0. The molecule has 1 aliphatic carbocycles. The van der Waals surface area contributed by atoms with Gasteiger partial charge < -0.3 is 15.3 Å². The molecule has 0 aromatic heterocycles. The van der Waals surface area contributed by atoms with Crippen molar-refractivity contribution in [2.24, 2.45) is 0 Å². The largest absolute Gasteiger partial charge is 0.505 e. The van der Waals surface area contributed by atoms with E-state index in [9.17, 15) is 28.9 Å². The smallest absolute Gasteiger partial charge is 0.314 e. The molecule has 1 saturated carbocycles. The summed E-state index contributed by atoms with van der Waals surface area (Å²) in [5.41, 5.74) is -2.46. The molecule has 104 valence electrons. The van der Waals surface area contributed by atoms with Crippen LogP contribution in [0.5, 0.6) is 11.5 Å². The van der Waals surface area contributed by atoms with E-state index in [-0.39, 0.29) is 12.8 Å². The van der Waals surface area contributed by atoms with Crippen LogP contribution in [0.4, 0.5) is 8.78 Å². The maximum Gasteiger partial charge on any atom is 0.314 e. The van der Waals surface area contributed by atoms with E-state index < -0.39 is 40.1 Å². The second-order valence-electron chi connectivity index (χ2n) is 4.87. The molecule has 2 rings (SSSR count). The van der Waals surface area contributed by atoms with Crippen molar-refractivity contribution >= 4 is 5.97 Å². The van der Waals surface area contributed by atoms with E-state index in [0.717, 1.165) is 6.42 Å². The van der Waals surface area contributed by atoms with Crippen molar-refractivity contribution in [2.45, 2.75) is 37.5 Å². The van der Waals surface area contributed by atoms with Crippen molar-refractivity contribution in [3.8, 4) is 11.5 Å². The normalized spacial score (nSPS) is 18.2. The summed E-state index contributed by atoms with van der Waals surface area (Å²) < 4.78 is 27.9. The van der Waals surface area contributed by atoms with Gasteiger partial charge in [-0.05, 0) is 12.8 Å². The average Bonchev–Trinajstić information content (AvgIpc) is 2.37. The molecule has 1 aromatic carbocycles. The van der Waals surface area contributed by atoms with Crippen LogP contribution in [0.25, 0.3) is 0 Å². The van der Waals surface area contributed by atoms with Crippen LogP contribution in [0, 0.1) is 11.6 Å². The number of hydrogen-bond donors (Lipinski definition) is 3. The highest BCUT2D eigenvalue weighted by atomic mass is 19.1. The molecule has 0 atom stereocenters. The number of rotatable bonds is 2. The number of halogens is 2. The van der Waals surface area contributed by atoms with Gasteiger partial charge in [-0.3, -0.25) is 4.79 Å². The molecule has 0 saturated heterocycles. The molecular weight excluding hydrogens is 258 g/mol. The minimum Gasteiger partial charge on any atom is -0.505 e. The Morgan fingerprint density at radius 3 is 1.95 bits per heavy atom. The third kappa shape index (κ3) is 2.01. The van der Waals surface area contributed by atoms with Crippen LogP contribution in [-0.2, 0) is 10.2 Å². The van der Waals surface area contributed by atoms with Crippen molar-refractivity contribution in [3.05, 3.63) is 23.3 Å². The first-order chi connectivity index (χ1) is 8.90. The summed E-state index contributed by atoms with van der Waals surface area (Å²) >= 11 is 0. The Kier molecular flexibility index (Phi) is 3.34. The van der Waals surface area contributed by atoms with E-state index in [0.29, 0.717) is 18.9 Å². The predicted molar refractivity (Wildman–Crippen MR) is 62.1 cm³/mol. The Balaban J connectivity index is 2.70. The van der Waals surface area contributed by atoms with Crippen LogP contribution in [0.3, 0.4) is 0 Å². The first-order valence-electron chi connectivity index (χ1n) is 6.04. The zero-order valence-electron chi connectivity index (χ0n) is 10.1. The van der Waals surface area contributed by atoms with Crippen molar-refractivity contribution in [1.82, 2.24) is 0 Å². The number of hydrogen-bond acceptors (Lipinski definition) is 3. The average molecular weight is 272 g/mol. The van der Waals surface area contributed by atoms with Gasteiger partial charge in [-0.1, -0.05) is 19.3 Å². The second kappa shape index (κ2) is 4.68. The van der Waals surface area contributed by atoms with Crippen LogP contribution in [0.15, 0.2) is 6.07 Å². The molecule has 3 N–H and O–H groups in total. The van der Waals surface area contributed by atoms with Crippen molar-refractivity contribution in [3.63, 3.8) is 0 Å². The topological polar surface area (TPSA) is 77.8 Å². The molecule has 1 fully saturated rings. The number of phenolic OH excluding ortho intramolecular Hbond substituents is 2. The van der Waals surface area contributed by atoms with E-state index in [1.54, 1.807) is 0 Å². The molecule has 0 unspecified atom stereocenters. The van der Waals surface area contributed by atoms with E-state index in [2.05, 4.69) is 0 Å². The van der Waals surface area contributed by atoms with Crippen molar-refractivity contribution in [1.29, 1.82) is 0 Å². The van der Waals surface area contributed by atoms with Gasteiger partial charge in [0.15, 0.2) is 23.1 Å². The fourth-order valence-electron chi connectivity index (χ4n) is 2.75. The quantitative estimate of drug-likeness (QED) is 0.773. The Morgan fingerprint density at radius 1 is 1.05 bits per heavy atom. The Hall–Kier alpha value is -1.85. The minimum absolute atomic E-state index is 0.0824. The lowest BCUT2D eigenvalue weighted by Gasteiger charge is -2.34. The van der Waals surface area contributed by atoms with E-state index >= 15 is 0 Å². The number of carbonyl (C=O) groups is 1. The van der Waals surface area contributed by atoms with Gasteiger partial charge in [0.1, 0.15) is 0 Å². The van der Waals surface area contributed by atoms with E-state index in [4.69, 9.17) is 0 Å². The summed E-state index contributed by atoms with van der Waals surface area (Å²) in [7, 11) is 0. The van der Waals surface area contributed by atoms with Crippen LogP contribution in [-0.4, -0.2) is 21.3 Å². The summed E-state index contributed by atoms with van der Waals surface area (Å²) in [5.74, 6) is -5.84. The lowest BCUT2D eigenvalue weighted by atomic mass is 9.69. The lowest BCUT2D eigenvalue weighted by molar-refractivity contribution is -0.145. The zero-order valence-corrected chi connectivity index (χ0v) is 10.1. The summed E-state index contributed by atoms with van der Waals surface area (Å²) in [6, 6.07) is 0.534. The zero-order chi connectivity index (χ0) is 14.2. The van der Waals surface area contributed by atoms with Gasteiger partial charge in [0.05, 0.1) is 5.41 Å². The fraction of sp³-hybridized carbons (Fsp3) is 0.462. The van der Waals surface area contributed by atoms with Crippen molar-refractivity contribution in [2.75, 3.05) is 0 Å². The number of phenols is 2. The molecule has 19 heavy (non-hydrogen) atoms. The number of carboxylic acids is 1. The first-order valence-corrected chi connectivity index (χ1v) is 6.04. The van der Waals surface area contributed by atoms with E-state index in [1.807, 2.05) is 0 Å². The number of aliphatic carboxylic acids is 1. The van der Waals surface area contributed by atoms with Crippen LogP contribution >= 0.6 is 0 Å². The maximum atomic E-state index is 14.0. The first kappa shape index (κ1) is 13.6. The monoisotopic (exact) mass is 272 g/mol. The van der Waals surface area contributed by atoms with Gasteiger partial charge in [-0.15, -0.1) is 0 Å². The molecule has 0 amide bonds. The van der Waals surface area contributed by atoms with Gasteiger partial charge in [0.2, 0.25) is 0 Å². The highest BCUT2D eigenvalue weighted by Crippen LogP contribution is 2.45. The van der Waals surface area contributed by atoms with Crippen LogP contribution in [0.1, 0.15) is 37.7 Å². The SMILES string of the molecule is O=C(O)C1(c2c(F)c(O)cc(O)c2F)CCCCC1. The molecular formula is C13H14F2O4. The number of benzene rings is 1. The fourth-order valence-corrected chi connectivity index (χ4v) is 2.75. The second-order valence-corrected chi connectivity index (χ2v) is 4.87. The maximum absolute atomic E-state index is 14.0.